The zero-order valence-corrected chi connectivity index (χ0v) is 10.2. The van der Waals surface area contributed by atoms with Gasteiger partial charge in [-0.2, -0.15) is 0 Å². The molecule has 0 heterocycles. The van der Waals surface area contributed by atoms with Crippen LogP contribution in [-0.2, 0) is 0 Å². The number of hydrogen-bond donors (Lipinski definition) is 0. The highest BCUT2D eigenvalue weighted by Crippen LogP contribution is 2.27. The second-order valence-corrected chi connectivity index (χ2v) is 3.68. The Kier molecular flexibility index (Phi) is 5.48. The van der Waals surface area contributed by atoms with Crippen molar-refractivity contribution in [3.8, 4) is 11.5 Å². The van der Waals surface area contributed by atoms with Crippen LogP contribution in [-0.4, -0.2) is 13.2 Å². The minimum absolute atomic E-state index is 0.527. The van der Waals surface area contributed by atoms with E-state index in [1.165, 1.54) is 0 Å². The van der Waals surface area contributed by atoms with Crippen molar-refractivity contribution >= 4 is 0 Å². The summed E-state index contributed by atoms with van der Waals surface area (Å²) in [6.45, 7) is 9.09. The Hall–Kier alpha value is -1.44. The van der Waals surface area contributed by atoms with Crippen molar-refractivity contribution in [3.05, 3.63) is 36.4 Å². The molecule has 16 heavy (non-hydrogen) atoms. The summed E-state index contributed by atoms with van der Waals surface area (Å²) < 4.78 is 11.2. The fourth-order valence-electron chi connectivity index (χ4n) is 1.38. The first-order valence-electron chi connectivity index (χ1n) is 5.75. The normalized spacial score (nSPS) is 9.88. The lowest BCUT2D eigenvalue weighted by Gasteiger charge is -2.12. The molecule has 0 aliphatic rings. The molecule has 0 radical (unpaired) electrons. The van der Waals surface area contributed by atoms with E-state index >= 15 is 0 Å². The van der Waals surface area contributed by atoms with Gasteiger partial charge in [0, 0.05) is 5.56 Å². The average Bonchev–Trinajstić information content (AvgIpc) is 2.30. The summed E-state index contributed by atoms with van der Waals surface area (Å²) in [6, 6.07) is 5.88. The molecule has 2 heteroatoms. The Bertz CT molecular complexity index is 332. The fraction of sp³-hybridized carbons (Fsp3) is 0.429. The Morgan fingerprint density at radius 1 is 1.25 bits per heavy atom. The van der Waals surface area contributed by atoms with Crippen molar-refractivity contribution in [2.24, 2.45) is 0 Å². The van der Waals surface area contributed by atoms with Crippen LogP contribution in [0.25, 0.3) is 0 Å². The summed E-state index contributed by atoms with van der Waals surface area (Å²) in [5.41, 5.74) is 1.06. The molecule has 0 atom stereocenters. The van der Waals surface area contributed by atoms with E-state index in [2.05, 4.69) is 13.5 Å². The van der Waals surface area contributed by atoms with Crippen molar-refractivity contribution in [2.75, 3.05) is 13.2 Å². The number of unbranched alkanes of at least 4 members (excludes halogenated alkanes) is 1. The van der Waals surface area contributed by atoms with Crippen molar-refractivity contribution in [3.63, 3.8) is 0 Å². The Balaban J connectivity index is 2.66. The molecular weight excluding hydrogens is 200 g/mol. The summed E-state index contributed by atoms with van der Waals surface area (Å²) in [5.74, 6) is 1.78. The van der Waals surface area contributed by atoms with Gasteiger partial charge in [0.1, 0.15) is 18.1 Å². The molecule has 0 bridgehead atoms. The summed E-state index contributed by atoms with van der Waals surface area (Å²) in [4.78, 5) is 0. The maximum atomic E-state index is 5.69. The maximum Gasteiger partial charge on any atom is 0.126 e. The number of hydrogen-bond acceptors (Lipinski definition) is 2. The minimum atomic E-state index is 0.527. The summed E-state index contributed by atoms with van der Waals surface area (Å²) in [5, 5.41) is 0. The van der Waals surface area contributed by atoms with Crippen LogP contribution < -0.4 is 9.47 Å². The average molecular weight is 220 g/mol. The van der Waals surface area contributed by atoms with Gasteiger partial charge in [-0.1, -0.05) is 32.1 Å². The zero-order chi connectivity index (χ0) is 11.8. The van der Waals surface area contributed by atoms with Gasteiger partial charge in [-0.25, -0.2) is 0 Å². The molecular formula is C14H20O2. The molecule has 0 unspecified atom stereocenters. The third kappa shape index (κ3) is 3.61. The van der Waals surface area contributed by atoms with Gasteiger partial charge >= 0.3 is 0 Å². The predicted octanol–water partition coefficient (Wildman–Crippen LogP) is 3.74. The van der Waals surface area contributed by atoms with Crippen LogP contribution in [0.1, 0.15) is 25.3 Å². The predicted molar refractivity (Wildman–Crippen MR) is 67.3 cm³/mol. The van der Waals surface area contributed by atoms with Gasteiger partial charge in [-0.15, -0.1) is 0 Å². The van der Waals surface area contributed by atoms with Crippen molar-refractivity contribution in [2.45, 2.75) is 26.7 Å². The summed E-state index contributed by atoms with van der Waals surface area (Å²) in [7, 11) is 0. The highest BCUT2D eigenvalue weighted by molar-refractivity contribution is 5.43. The molecule has 0 amide bonds. The number of ether oxygens (including phenoxy) is 2. The van der Waals surface area contributed by atoms with Crippen LogP contribution >= 0.6 is 0 Å². The molecule has 0 aromatic heterocycles. The Labute approximate surface area is 97.9 Å². The second kappa shape index (κ2) is 6.94. The summed E-state index contributed by atoms with van der Waals surface area (Å²) >= 11 is 0. The number of benzene rings is 1. The largest absolute Gasteiger partial charge is 0.493 e. The van der Waals surface area contributed by atoms with Crippen LogP contribution in [0.15, 0.2) is 30.9 Å². The maximum absolute atomic E-state index is 5.69. The quantitative estimate of drug-likeness (QED) is 0.515. The van der Waals surface area contributed by atoms with Gasteiger partial charge in [0.25, 0.3) is 0 Å². The molecule has 0 fully saturated rings. The molecule has 0 aliphatic heterocycles. The van der Waals surface area contributed by atoms with E-state index in [0.717, 1.165) is 36.5 Å². The van der Waals surface area contributed by atoms with Crippen molar-refractivity contribution < 1.29 is 9.47 Å². The number of rotatable bonds is 7. The van der Waals surface area contributed by atoms with Gasteiger partial charge in [-0.05, 0) is 25.5 Å². The monoisotopic (exact) mass is 220 g/mol. The molecule has 2 nitrogen and oxygen atoms in total. The van der Waals surface area contributed by atoms with Crippen LogP contribution in [0.3, 0.4) is 0 Å². The van der Waals surface area contributed by atoms with E-state index in [-0.39, 0.29) is 0 Å². The first-order valence-corrected chi connectivity index (χ1v) is 5.75. The van der Waals surface area contributed by atoms with E-state index in [4.69, 9.17) is 9.47 Å². The third-order valence-corrected chi connectivity index (χ3v) is 2.35. The van der Waals surface area contributed by atoms with Gasteiger partial charge < -0.3 is 9.47 Å². The molecule has 0 N–H and O–H groups in total. The smallest absolute Gasteiger partial charge is 0.126 e. The van der Waals surface area contributed by atoms with E-state index in [9.17, 15) is 0 Å². The highest BCUT2D eigenvalue weighted by atomic mass is 16.5. The zero-order valence-electron chi connectivity index (χ0n) is 10.2. The SMILES string of the molecule is C=CCOc1cccc(OCCCC)c1C. The standard InChI is InChI=1S/C14H20O2/c1-4-6-11-16-14-9-7-8-13(12(14)3)15-10-5-2/h5,7-9H,2,4,6,10-11H2,1,3H3. The lowest BCUT2D eigenvalue weighted by atomic mass is 10.2. The van der Waals surface area contributed by atoms with Crippen LogP contribution in [0, 0.1) is 6.92 Å². The molecule has 1 aromatic carbocycles. The molecule has 88 valence electrons. The lowest BCUT2D eigenvalue weighted by molar-refractivity contribution is 0.302. The summed E-state index contributed by atoms with van der Waals surface area (Å²) in [6.07, 6.45) is 3.97. The first kappa shape index (κ1) is 12.6. The molecule has 0 aliphatic carbocycles. The van der Waals surface area contributed by atoms with Crippen LogP contribution in [0.2, 0.25) is 0 Å². The van der Waals surface area contributed by atoms with Crippen LogP contribution in [0.5, 0.6) is 11.5 Å². The van der Waals surface area contributed by atoms with Crippen molar-refractivity contribution in [1.29, 1.82) is 0 Å². The van der Waals surface area contributed by atoms with Gasteiger partial charge in [-0.3, -0.25) is 0 Å². The second-order valence-electron chi connectivity index (χ2n) is 3.68. The van der Waals surface area contributed by atoms with E-state index in [0.29, 0.717) is 6.61 Å². The molecule has 1 aromatic rings. The van der Waals surface area contributed by atoms with Gasteiger partial charge in [0.15, 0.2) is 0 Å². The highest BCUT2D eigenvalue weighted by Gasteiger charge is 2.05. The van der Waals surface area contributed by atoms with Gasteiger partial charge in [0.05, 0.1) is 6.61 Å². The Morgan fingerprint density at radius 2 is 1.94 bits per heavy atom. The lowest BCUT2D eigenvalue weighted by Crippen LogP contribution is -2.00. The fourth-order valence-corrected chi connectivity index (χ4v) is 1.38. The third-order valence-electron chi connectivity index (χ3n) is 2.35. The van der Waals surface area contributed by atoms with Crippen LogP contribution in [0.4, 0.5) is 0 Å². The van der Waals surface area contributed by atoms with E-state index in [1.807, 2.05) is 25.1 Å². The van der Waals surface area contributed by atoms with Gasteiger partial charge in [0.2, 0.25) is 0 Å². The Morgan fingerprint density at radius 3 is 2.56 bits per heavy atom. The molecule has 1 rings (SSSR count). The topological polar surface area (TPSA) is 18.5 Å². The van der Waals surface area contributed by atoms with E-state index in [1.54, 1.807) is 6.08 Å². The molecule has 0 saturated heterocycles. The molecule has 0 spiro atoms. The van der Waals surface area contributed by atoms with Crippen molar-refractivity contribution in [1.82, 2.24) is 0 Å². The molecule has 0 saturated carbocycles. The van der Waals surface area contributed by atoms with E-state index < -0.39 is 0 Å². The first-order chi connectivity index (χ1) is 7.79. The minimum Gasteiger partial charge on any atom is -0.493 e.